The summed E-state index contributed by atoms with van der Waals surface area (Å²) in [6.45, 7) is 8.56. The van der Waals surface area contributed by atoms with E-state index in [0.717, 1.165) is 31.5 Å². The van der Waals surface area contributed by atoms with Gasteiger partial charge in [-0.3, -0.25) is 4.79 Å². The molecule has 1 aliphatic heterocycles. The summed E-state index contributed by atoms with van der Waals surface area (Å²) in [4.78, 5) is 12.2. The van der Waals surface area contributed by atoms with E-state index < -0.39 is 0 Å². The fraction of sp³-hybridized carbons (Fsp3) is 0.611. The van der Waals surface area contributed by atoms with Gasteiger partial charge >= 0.3 is 0 Å². The number of hydrogen-bond acceptors (Lipinski definition) is 2. The fourth-order valence-corrected chi connectivity index (χ4v) is 3.58. The third kappa shape index (κ3) is 2.84. The lowest BCUT2D eigenvalue weighted by Gasteiger charge is -2.21. The average molecular weight is 286 g/mol. The second-order valence-corrected chi connectivity index (χ2v) is 7.11. The van der Waals surface area contributed by atoms with E-state index in [2.05, 4.69) is 49.6 Å². The predicted molar refractivity (Wildman–Crippen MR) is 85.4 cm³/mol. The van der Waals surface area contributed by atoms with Gasteiger partial charge in [0.15, 0.2) is 0 Å². The Kier molecular flexibility index (Phi) is 3.78. The van der Waals surface area contributed by atoms with E-state index in [0.29, 0.717) is 17.4 Å². The van der Waals surface area contributed by atoms with Crippen molar-refractivity contribution in [3.05, 3.63) is 34.9 Å². The van der Waals surface area contributed by atoms with Gasteiger partial charge in [-0.25, -0.2) is 0 Å². The van der Waals surface area contributed by atoms with Gasteiger partial charge in [-0.1, -0.05) is 32.9 Å². The molecule has 3 nitrogen and oxygen atoms in total. The first-order valence-electron chi connectivity index (χ1n) is 8.17. The number of rotatable bonds is 4. The fourth-order valence-electron chi connectivity index (χ4n) is 3.58. The molecule has 0 saturated heterocycles. The second-order valence-electron chi connectivity index (χ2n) is 7.11. The van der Waals surface area contributed by atoms with Crippen molar-refractivity contribution in [3.8, 4) is 0 Å². The number of fused-ring (bicyclic) bond motifs is 1. The van der Waals surface area contributed by atoms with Crippen LogP contribution < -0.4 is 10.6 Å². The van der Waals surface area contributed by atoms with Gasteiger partial charge in [0.05, 0.1) is 0 Å². The van der Waals surface area contributed by atoms with Crippen LogP contribution in [-0.2, 0) is 6.42 Å². The lowest BCUT2D eigenvalue weighted by molar-refractivity contribution is 0.0956. The standard InChI is InChI=1S/C18H26N2O/c1-4-19-16(15-11-18(15,2)3)13-8-7-12-6-5-9-20-17(21)14(12)10-13/h7-8,10,15-16,19H,4-6,9,11H2,1-3H3,(H,20,21). The Labute approximate surface area is 127 Å². The van der Waals surface area contributed by atoms with Crippen molar-refractivity contribution in [1.82, 2.24) is 10.6 Å². The molecule has 1 aromatic carbocycles. The summed E-state index contributed by atoms with van der Waals surface area (Å²) in [7, 11) is 0. The molecular formula is C18H26N2O. The third-order valence-electron chi connectivity index (χ3n) is 5.06. The zero-order valence-corrected chi connectivity index (χ0v) is 13.3. The van der Waals surface area contributed by atoms with Crippen molar-refractivity contribution in [3.63, 3.8) is 0 Å². The average Bonchev–Trinajstić information content (AvgIpc) is 3.13. The van der Waals surface area contributed by atoms with Gasteiger partial charge in [0.25, 0.3) is 5.91 Å². The Bertz CT molecular complexity index is 550. The normalized spacial score (nSPS) is 24.7. The molecule has 0 radical (unpaired) electrons. The van der Waals surface area contributed by atoms with E-state index in [-0.39, 0.29) is 5.91 Å². The van der Waals surface area contributed by atoms with Crippen molar-refractivity contribution in [2.24, 2.45) is 11.3 Å². The van der Waals surface area contributed by atoms with Crippen molar-refractivity contribution in [2.45, 2.75) is 46.1 Å². The van der Waals surface area contributed by atoms with Gasteiger partial charge in [-0.15, -0.1) is 0 Å². The van der Waals surface area contributed by atoms with Gasteiger partial charge in [0.2, 0.25) is 0 Å². The topological polar surface area (TPSA) is 41.1 Å². The van der Waals surface area contributed by atoms with E-state index in [9.17, 15) is 4.79 Å². The highest BCUT2D eigenvalue weighted by Gasteiger charge is 2.50. The molecule has 3 heteroatoms. The zero-order valence-electron chi connectivity index (χ0n) is 13.3. The minimum atomic E-state index is 0.0923. The van der Waals surface area contributed by atoms with Crippen LogP contribution in [-0.4, -0.2) is 19.0 Å². The molecule has 0 aromatic heterocycles. The summed E-state index contributed by atoms with van der Waals surface area (Å²) >= 11 is 0. The maximum absolute atomic E-state index is 12.2. The maximum atomic E-state index is 12.2. The molecular weight excluding hydrogens is 260 g/mol. The number of carbonyl (C=O) groups excluding carboxylic acids is 1. The molecule has 114 valence electrons. The second kappa shape index (κ2) is 5.45. The molecule has 21 heavy (non-hydrogen) atoms. The molecule has 1 heterocycles. The van der Waals surface area contributed by atoms with Crippen LogP contribution in [0, 0.1) is 11.3 Å². The van der Waals surface area contributed by atoms with E-state index in [1.54, 1.807) is 0 Å². The van der Waals surface area contributed by atoms with Crippen molar-refractivity contribution >= 4 is 5.91 Å². The highest BCUT2D eigenvalue weighted by atomic mass is 16.1. The van der Waals surface area contributed by atoms with Crippen molar-refractivity contribution < 1.29 is 4.79 Å². The number of amides is 1. The van der Waals surface area contributed by atoms with E-state index in [4.69, 9.17) is 0 Å². The molecule has 0 bridgehead atoms. The minimum Gasteiger partial charge on any atom is -0.352 e. The molecule has 0 spiro atoms. The number of hydrogen-bond donors (Lipinski definition) is 2. The Morgan fingerprint density at radius 1 is 1.43 bits per heavy atom. The van der Waals surface area contributed by atoms with Gasteiger partial charge in [-0.2, -0.15) is 0 Å². The number of nitrogens with one attached hydrogen (secondary N) is 2. The van der Waals surface area contributed by atoms with E-state index in [1.165, 1.54) is 17.5 Å². The van der Waals surface area contributed by atoms with Crippen molar-refractivity contribution in [1.29, 1.82) is 0 Å². The van der Waals surface area contributed by atoms with Crippen LogP contribution in [0.25, 0.3) is 0 Å². The first kappa shape index (κ1) is 14.6. The van der Waals surface area contributed by atoms with Crippen LogP contribution in [0.5, 0.6) is 0 Å². The summed E-state index contributed by atoms with van der Waals surface area (Å²) in [5.74, 6) is 0.763. The number of aryl methyl sites for hydroxylation is 1. The first-order valence-corrected chi connectivity index (χ1v) is 8.17. The molecule has 2 atom stereocenters. The zero-order chi connectivity index (χ0) is 15.0. The van der Waals surface area contributed by atoms with Crippen LogP contribution in [0.2, 0.25) is 0 Å². The first-order chi connectivity index (χ1) is 10.0. The molecule has 1 aliphatic carbocycles. The van der Waals surface area contributed by atoms with Crippen LogP contribution in [0.1, 0.15) is 61.1 Å². The quantitative estimate of drug-likeness (QED) is 0.893. The largest absolute Gasteiger partial charge is 0.352 e. The van der Waals surface area contributed by atoms with Gasteiger partial charge < -0.3 is 10.6 Å². The van der Waals surface area contributed by atoms with Gasteiger partial charge in [0, 0.05) is 18.2 Å². The lowest BCUT2D eigenvalue weighted by Crippen LogP contribution is -2.26. The summed E-state index contributed by atoms with van der Waals surface area (Å²) in [5.41, 5.74) is 3.76. The lowest BCUT2D eigenvalue weighted by atomic mass is 9.93. The van der Waals surface area contributed by atoms with Crippen molar-refractivity contribution in [2.75, 3.05) is 13.1 Å². The summed E-state index contributed by atoms with van der Waals surface area (Å²) in [5, 5.41) is 6.62. The van der Waals surface area contributed by atoms with Crippen LogP contribution in [0.3, 0.4) is 0 Å². The highest BCUT2D eigenvalue weighted by Crippen LogP contribution is 2.57. The third-order valence-corrected chi connectivity index (χ3v) is 5.06. The molecule has 1 aromatic rings. The summed E-state index contributed by atoms with van der Waals surface area (Å²) in [6.07, 6.45) is 3.29. The molecule has 1 saturated carbocycles. The number of carbonyl (C=O) groups is 1. The van der Waals surface area contributed by atoms with Gasteiger partial charge in [0.1, 0.15) is 0 Å². The van der Waals surface area contributed by atoms with Crippen LogP contribution in [0.15, 0.2) is 18.2 Å². The Morgan fingerprint density at radius 3 is 2.86 bits per heavy atom. The maximum Gasteiger partial charge on any atom is 0.251 e. The summed E-state index contributed by atoms with van der Waals surface area (Å²) in [6, 6.07) is 6.87. The Hall–Kier alpha value is -1.35. The number of benzene rings is 1. The smallest absolute Gasteiger partial charge is 0.251 e. The molecule has 2 N–H and O–H groups in total. The molecule has 1 amide bonds. The minimum absolute atomic E-state index is 0.0923. The Morgan fingerprint density at radius 2 is 2.19 bits per heavy atom. The Balaban J connectivity index is 1.92. The monoisotopic (exact) mass is 286 g/mol. The highest BCUT2D eigenvalue weighted by molar-refractivity contribution is 5.96. The van der Waals surface area contributed by atoms with Crippen LogP contribution >= 0.6 is 0 Å². The molecule has 1 fully saturated rings. The molecule has 3 rings (SSSR count). The SMILES string of the molecule is CCNC(c1ccc2c(c1)C(=O)NCCC2)C1CC1(C)C. The van der Waals surface area contributed by atoms with E-state index >= 15 is 0 Å². The molecule has 2 unspecified atom stereocenters. The van der Waals surface area contributed by atoms with E-state index in [1.807, 2.05) is 0 Å². The van der Waals surface area contributed by atoms with Gasteiger partial charge in [-0.05, 0) is 54.3 Å². The van der Waals surface area contributed by atoms with Crippen LogP contribution in [0.4, 0.5) is 0 Å². The molecule has 2 aliphatic rings. The predicted octanol–water partition coefficient (Wildman–Crippen LogP) is 3.06. The summed E-state index contributed by atoms with van der Waals surface area (Å²) < 4.78 is 0.